The van der Waals surface area contributed by atoms with E-state index in [4.69, 9.17) is 0 Å². The molecule has 1 aromatic heterocycles. The van der Waals surface area contributed by atoms with Crippen LogP contribution in [0.5, 0.6) is 0 Å². The molecule has 0 unspecified atom stereocenters. The zero-order chi connectivity index (χ0) is 8.32. The number of alkyl halides is 1. The van der Waals surface area contributed by atoms with E-state index in [9.17, 15) is 8.42 Å². The number of rotatable bonds is 2. The van der Waals surface area contributed by atoms with Gasteiger partial charge in [-0.25, -0.2) is 8.42 Å². The van der Waals surface area contributed by atoms with Crippen LogP contribution in [0, 0.1) is 0 Å². The van der Waals surface area contributed by atoms with E-state index in [2.05, 4.69) is 20.9 Å². The molecule has 0 bridgehead atoms. The van der Waals surface area contributed by atoms with Gasteiger partial charge < -0.3 is 0 Å². The zero-order valence-electron chi connectivity index (χ0n) is 5.57. The smallest absolute Gasteiger partial charge is 0.188 e. The molecule has 1 heterocycles. The molecule has 11 heavy (non-hydrogen) atoms. The Kier molecular flexibility index (Phi) is 2.62. The molecule has 0 aliphatic heterocycles. The minimum Gasteiger partial charge on any atom is -0.265 e. The third-order valence-corrected chi connectivity index (χ3v) is 4.24. The number of sulfone groups is 1. The number of nitrogens with zero attached hydrogens (tertiary/aromatic N) is 1. The fourth-order valence-corrected chi connectivity index (χ4v) is 2.06. The van der Waals surface area contributed by atoms with Crippen LogP contribution in [0.2, 0.25) is 0 Å². The van der Waals surface area contributed by atoms with Crippen molar-refractivity contribution in [1.82, 2.24) is 4.98 Å². The monoisotopic (exact) mass is 235 g/mol. The highest BCUT2D eigenvalue weighted by Gasteiger charge is 2.10. The van der Waals surface area contributed by atoms with Gasteiger partial charge in [-0.3, -0.25) is 4.98 Å². The Morgan fingerprint density at radius 2 is 1.91 bits per heavy atom. The van der Waals surface area contributed by atoms with E-state index < -0.39 is 9.84 Å². The third-order valence-electron chi connectivity index (χ3n) is 1.15. The third kappa shape index (κ3) is 2.00. The Hall–Kier alpha value is -0.420. The van der Waals surface area contributed by atoms with Crippen LogP contribution in [0.15, 0.2) is 29.4 Å². The number of hydrogen-bond donors (Lipinski definition) is 0. The fourth-order valence-electron chi connectivity index (χ4n) is 0.609. The van der Waals surface area contributed by atoms with Gasteiger partial charge in [-0.1, -0.05) is 15.9 Å². The van der Waals surface area contributed by atoms with Crippen molar-refractivity contribution in [2.45, 2.75) is 4.90 Å². The molecule has 60 valence electrons. The summed E-state index contributed by atoms with van der Waals surface area (Å²) in [4.78, 5) is 4.01. The molecule has 3 nitrogen and oxygen atoms in total. The lowest BCUT2D eigenvalue weighted by molar-refractivity contribution is 0.601. The van der Waals surface area contributed by atoms with Gasteiger partial charge in [0.25, 0.3) is 0 Å². The Morgan fingerprint density at radius 3 is 2.36 bits per heavy atom. The molecule has 0 fully saturated rings. The van der Waals surface area contributed by atoms with Crippen molar-refractivity contribution in [3.05, 3.63) is 24.5 Å². The molecule has 0 atom stereocenters. The quantitative estimate of drug-likeness (QED) is 0.725. The lowest BCUT2D eigenvalue weighted by Crippen LogP contribution is -2.00. The summed E-state index contributed by atoms with van der Waals surface area (Å²) < 4.78 is 22.2. The molecule has 0 aliphatic carbocycles. The Morgan fingerprint density at radius 1 is 1.36 bits per heavy atom. The highest BCUT2D eigenvalue weighted by atomic mass is 79.9. The fraction of sp³-hybridized carbons (Fsp3) is 0.167. The second-order valence-corrected chi connectivity index (χ2v) is 5.20. The Bertz CT molecular complexity index is 322. The minimum atomic E-state index is -3.12. The van der Waals surface area contributed by atoms with Crippen molar-refractivity contribution in [2.24, 2.45) is 0 Å². The van der Waals surface area contributed by atoms with E-state index in [0.29, 0.717) is 4.90 Å². The number of aromatic nitrogens is 1. The summed E-state index contributed by atoms with van der Waals surface area (Å²) in [6, 6.07) is 2.94. The molecule has 0 amide bonds. The van der Waals surface area contributed by atoms with Crippen molar-refractivity contribution in [3.8, 4) is 0 Å². The average molecular weight is 236 g/mol. The second kappa shape index (κ2) is 3.32. The van der Waals surface area contributed by atoms with Gasteiger partial charge in [0.1, 0.15) is 4.66 Å². The van der Waals surface area contributed by atoms with Crippen molar-refractivity contribution in [2.75, 3.05) is 4.66 Å². The lowest BCUT2D eigenvalue weighted by atomic mass is 10.5. The molecular formula is C6H6BrNO2S. The van der Waals surface area contributed by atoms with E-state index in [-0.39, 0.29) is 4.66 Å². The topological polar surface area (TPSA) is 47.0 Å². The minimum absolute atomic E-state index is 0.0516. The summed E-state index contributed by atoms with van der Waals surface area (Å²) in [6.07, 6.45) is 2.91. The maximum atomic E-state index is 11.1. The van der Waals surface area contributed by atoms with Crippen LogP contribution in [-0.2, 0) is 9.84 Å². The number of hydrogen-bond acceptors (Lipinski definition) is 3. The first-order valence-electron chi connectivity index (χ1n) is 2.85. The van der Waals surface area contributed by atoms with E-state index in [1.54, 1.807) is 0 Å². The molecule has 1 rings (SSSR count). The first kappa shape index (κ1) is 8.67. The Labute approximate surface area is 73.5 Å². The molecule has 0 saturated heterocycles. The van der Waals surface area contributed by atoms with E-state index in [1.165, 1.54) is 24.5 Å². The van der Waals surface area contributed by atoms with Gasteiger partial charge in [0.05, 0.1) is 4.90 Å². The summed E-state index contributed by atoms with van der Waals surface area (Å²) in [7, 11) is -3.12. The van der Waals surface area contributed by atoms with Crippen molar-refractivity contribution in [1.29, 1.82) is 0 Å². The molecule has 0 radical (unpaired) electrons. The maximum Gasteiger partial charge on any atom is 0.188 e. The van der Waals surface area contributed by atoms with Crippen molar-refractivity contribution >= 4 is 25.8 Å². The number of halogens is 1. The normalized spacial score (nSPS) is 11.4. The van der Waals surface area contributed by atoms with Gasteiger partial charge in [-0.2, -0.15) is 0 Å². The van der Waals surface area contributed by atoms with Gasteiger partial charge >= 0.3 is 0 Å². The maximum absolute atomic E-state index is 11.1. The Balaban J connectivity index is 3.14. The summed E-state index contributed by atoms with van der Waals surface area (Å²) in [5.74, 6) is 0. The first-order valence-corrected chi connectivity index (χ1v) is 5.63. The van der Waals surface area contributed by atoms with Gasteiger partial charge in [0, 0.05) is 12.4 Å². The summed E-state index contributed by atoms with van der Waals surface area (Å²) in [6.45, 7) is 0. The lowest BCUT2D eigenvalue weighted by Gasteiger charge is -1.96. The largest absolute Gasteiger partial charge is 0.265 e. The summed E-state index contributed by atoms with van der Waals surface area (Å²) in [5, 5.41) is 0. The molecule has 0 aromatic carbocycles. The molecule has 0 saturated carbocycles. The molecule has 0 aliphatic rings. The zero-order valence-corrected chi connectivity index (χ0v) is 7.97. The summed E-state index contributed by atoms with van der Waals surface area (Å²) in [5.41, 5.74) is 0. The van der Waals surface area contributed by atoms with Crippen LogP contribution in [0.3, 0.4) is 0 Å². The predicted molar refractivity (Wildman–Crippen MR) is 45.2 cm³/mol. The molecular weight excluding hydrogens is 230 g/mol. The van der Waals surface area contributed by atoms with Crippen LogP contribution >= 0.6 is 15.9 Å². The molecule has 0 spiro atoms. The van der Waals surface area contributed by atoms with Gasteiger partial charge in [0.15, 0.2) is 9.84 Å². The van der Waals surface area contributed by atoms with Crippen LogP contribution in [0.25, 0.3) is 0 Å². The highest BCUT2D eigenvalue weighted by molar-refractivity contribution is 9.10. The van der Waals surface area contributed by atoms with E-state index in [0.717, 1.165) is 0 Å². The van der Waals surface area contributed by atoms with Crippen molar-refractivity contribution in [3.63, 3.8) is 0 Å². The predicted octanol–water partition coefficient (Wildman–Crippen LogP) is 1.21. The van der Waals surface area contributed by atoms with Gasteiger partial charge in [-0.15, -0.1) is 0 Å². The van der Waals surface area contributed by atoms with Crippen LogP contribution in [-0.4, -0.2) is 18.1 Å². The van der Waals surface area contributed by atoms with Gasteiger partial charge in [0.2, 0.25) is 0 Å². The second-order valence-electron chi connectivity index (χ2n) is 1.91. The molecule has 0 N–H and O–H groups in total. The van der Waals surface area contributed by atoms with Gasteiger partial charge in [-0.05, 0) is 12.1 Å². The SMILES string of the molecule is O=S(=O)(CBr)c1ccncc1. The van der Waals surface area contributed by atoms with Crippen LogP contribution in [0.4, 0.5) is 0 Å². The summed E-state index contributed by atoms with van der Waals surface area (Å²) >= 11 is 2.90. The van der Waals surface area contributed by atoms with E-state index >= 15 is 0 Å². The van der Waals surface area contributed by atoms with Crippen molar-refractivity contribution < 1.29 is 8.42 Å². The highest BCUT2D eigenvalue weighted by Crippen LogP contribution is 2.10. The van der Waals surface area contributed by atoms with Crippen LogP contribution < -0.4 is 0 Å². The standard InChI is InChI=1S/C6H6BrNO2S/c7-5-11(9,10)6-1-3-8-4-2-6/h1-4H,5H2. The molecule has 1 aromatic rings. The molecule has 5 heteroatoms. The van der Waals surface area contributed by atoms with E-state index in [1.807, 2.05) is 0 Å². The number of pyridine rings is 1. The van der Waals surface area contributed by atoms with Crippen LogP contribution in [0.1, 0.15) is 0 Å². The average Bonchev–Trinajstić information content (AvgIpc) is 2.06. The first-order chi connectivity index (χ1) is 5.17.